The minimum atomic E-state index is -3.91. The van der Waals surface area contributed by atoms with Gasteiger partial charge in [-0.1, -0.05) is 0 Å². The summed E-state index contributed by atoms with van der Waals surface area (Å²) in [6.45, 7) is 1.47. The molecule has 3 aromatic rings. The highest BCUT2D eigenvalue weighted by atomic mass is 32.2. The van der Waals surface area contributed by atoms with Crippen molar-refractivity contribution in [1.29, 1.82) is 0 Å². The number of amides is 1. The third-order valence-electron chi connectivity index (χ3n) is 5.61. The highest BCUT2D eigenvalue weighted by Crippen LogP contribution is 2.25. The first-order valence-electron chi connectivity index (χ1n) is 10.5. The van der Waals surface area contributed by atoms with E-state index in [9.17, 15) is 22.0 Å². The van der Waals surface area contributed by atoms with Crippen LogP contribution in [0.4, 0.5) is 20.2 Å². The highest BCUT2D eigenvalue weighted by Gasteiger charge is 2.29. The maximum Gasteiger partial charge on any atom is 0.255 e. The van der Waals surface area contributed by atoms with Gasteiger partial charge in [0.2, 0.25) is 10.0 Å². The van der Waals surface area contributed by atoms with Crippen LogP contribution < -0.4 is 15.0 Å². The van der Waals surface area contributed by atoms with Crippen molar-refractivity contribution in [2.75, 3.05) is 43.5 Å². The predicted octanol–water partition coefficient (Wildman–Crippen LogP) is 3.74. The number of carbonyl (C=O) groups excluding carboxylic acids is 1. The number of methoxy groups -OCH3 is 1. The van der Waals surface area contributed by atoms with E-state index in [-0.39, 0.29) is 29.2 Å². The van der Waals surface area contributed by atoms with E-state index in [2.05, 4.69) is 10.2 Å². The van der Waals surface area contributed by atoms with Crippen molar-refractivity contribution in [2.24, 2.45) is 0 Å². The van der Waals surface area contributed by atoms with Gasteiger partial charge >= 0.3 is 0 Å². The lowest BCUT2D eigenvalue weighted by Crippen LogP contribution is -2.48. The number of halogens is 2. The summed E-state index contributed by atoms with van der Waals surface area (Å²) in [5, 5.41) is 2.38. The van der Waals surface area contributed by atoms with Crippen molar-refractivity contribution in [3.63, 3.8) is 0 Å². The zero-order valence-corrected chi connectivity index (χ0v) is 19.2. The van der Waals surface area contributed by atoms with Gasteiger partial charge in [0.05, 0.1) is 17.7 Å². The van der Waals surface area contributed by atoms with Crippen molar-refractivity contribution in [3.8, 4) is 5.75 Å². The molecule has 0 saturated carbocycles. The largest absolute Gasteiger partial charge is 0.497 e. The molecule has 0 atom stereocenters. The van der Waals surface area contributed by atoms with Crippen LogP contribution in [0, 0.1) is 11.6 Å². The zero-order chi connectivity index (χ0) is 24.3. The number of rotatable bonds is 6. The molecule has 7 nitrogen and oxygen atoms in total. The Hall–Kier alpha value is -3.50. The van der Waals surface area contributed by atoms with Crippen molar-refractivity contribution >= 4 is 27.3 Å². The van der Waals surface area contributed by atoms with E-state index in [1.165, 1.54) is 28.6 Å². The Bertz CT molecular complexity index is 1270. The summed E-state index contributed by atoms with van der Waals surface area (Å²) in [5.41, 5.74) is 0.940. The van der Waals surface area contributed by atoms with E-state index in [1.807, 2.05) is 24.3 Å². The summed E-state index contributed by atoms with van der Waals surface area (Å²) >= 11 is 0. The number of anilines is 2. The van der Waals surface area contributed by atoms with Gasteiger partial charge in [0.25, 0.3) is 5.91 Å². The lowest BCUT2D eigenvalue weighted by Gasteiger charge is -2.35. The molecule has 1 fully saturated rings. The average molecular weight is 488 g/mol. The van der Waals surface area contributed by atoms with E-state index < -0.39 is 27.6 Å². The van der Waals surface area contributed by atoms with Gasteiger partial charge in [-0.25, -0.2) is 17.2 Å². The molecule has 0 bridgehead atoms. The standard InChI is InChI=1S/C24H23F2N3O4S/c1-33-20-8-6-19(7-9-20)28-12-14-29(15-13-28)34(31,32)21-10-11-23(22(26)16-21)27-24(30)17-2-4-18(25)5-3-17/h2-11,16H,12-15H2,1H3,(H,27,30). The molecular formula is C24H23F2N3O4S. The number of nitrogens with zero attached hydrogens (tertiary/aromatic N) is 2. The molecule has 0 aliphatic carbocycles. The number of carbonyl (C=O) groups is 1. The molecule has 3 aromatic carbocycles. The molecule has 1 aliphatic heterocycles. The van der Waals surface area contributed by atoms with Gasteiger partial charge < -0.3 is 15.0 Å². The van der Waals surface area contributed by atoms with Crippen LogP contribution in [-0.2, 0) is 10.0 Å². The fraction of sp³-hybridized carbons (Fsp3) is 0.208. The molecule has 10 heteroatoms. The van der Waals surface area contributed by atoms with Crippen molar-refractivity contribution < 1.29 is 26.7 Å². The average Bonchev–Trinajstić information content (AvgIpc) is 2.85. The van der Waals surface area contributed by atoms with Crippen molar-refractivity contribution in [2.45, 2.75) is 4.90 Å². The van der Waals surface area contributed by atoms with Gasteiger partial charge in [-0.05, 0) is 66.7 Å². The minimum absolute atomic E-state index is 0.146. The van der Waals surface area contributed by atoms with Crippen LogP contribution in [0.15, 0.2) is 71.6 Å². The first-order chi connectivity index (χ1) is 16.3. The van der Waals surface area contributed by atoms with Crippen LogP contribution in [0.2, 0.25) is 0 Å². The van der Waals surface area contributed by atoms with Gasteiger partial charge in [0.15, 0.2) is 0 Å². The van der Waals surface area contributed by atoms with Crippen LogP contribution in [-0.4, -0.2) is 51.9 Å². The number of sulfonamides is 1. The fourth-order valence-electron chi connectivity index (χ4n) is 3.68. The maximum absolute atomic E-state index is 14.7. The quantitative estimate of drug-likeness (QED) is 0.573. The SMILES string of the molecule is COc1ccc(N2CCN(S(=O)(=O)c3ccc(NC(=O)c4ccc(F)cc4)c(F)c3)CC2)cc1. The zero-order valence-electron chi connectivity index (χ0n) is 18.4. The molecule has 34 heavy (non-hydrogen) atoms. The Morgan fingerprint density at radius 3 is 2.15 bits per heavy atom. The third kappa shape index (κ3) is 5.02. The van der Waals surface area contributed by atoms with E-state index in [0.29, 0.717) is 13.1 Å². The summed E-state index contributed by atoms with van der Waals surface area (Å²) < 4.78 is 60.3. The summed E-state index contributed by atoms with van der Waals surface area (Å²) in [7, 11) is -2.32. The van der Waals surface area contributed by atoms with Crippen LogP contribution >= 0.6 is 0 Å². The Kier molecular flexibility index (Phi) is 6.80. The minimum Gasteiger partial charge on any atom is -0.497 e. The number of hydrogen-bond acceptors (Lipinski definition) is 5. The molecule has 4 rings (SSSR count). The molecule has 0 aromatic heterocycles. The van der Waals surface area contributed by atoms with Crippen LogP contribution in [0.3, 0.4) is 0 Å². The molecule has 1 N–H and O–H groups in total. The fourth-order valence-corrected chi connectivity index (χ4v) is 5.12. The molecule has 0 radical (unpaired) electrons. The first-order valence-corrected chi connectivity index (χ1v) is 12.0. The summed E-state index contributed by atoms with van der Waals surface area (Å²) in [5.74, 6) is -1.27. The number of benzene rings is 3. The molecular weight excluding hydrogens is 464 g/mol. The smallest absolute Gasteiger partial charge is 0.255 e. The van der Waals surface area contributed by atoms with Crippen LogP contribution in [0.5, 0.6) is 5.75 Å². The van der Waals surface area contributed by atoms with Gasteiger partial charge in [-0.3, -0.25) is 4.79 Å². The van der Waals surface area contributed by atoms with Crippen molar-refractivity contribution in [1.82, 2.24) is 4.31 Å². The molecule has 1 heterocycles. The Labute approximate surface area is 196 Å². The Morgan fingerprint density at radius 2 is 1.56 bits per heavy atom. The number of nitrogens with one attached hydrogen (secondary N) is 1. The second-order valence-electron chi connectivity index (χ2n) is 7.69. The van der Waals surface area contributed by atoms with E-state index in [4.69, 9.17) is 4.74 Å². The van der Waals surface area contributed by atoms with Crippen molar-refractivity contribution in [3.05, 3.63) is 83.9 Å². The lowest BCUT2D eigenvalue weighted by atomic mass is 10.2. The predicted molar refractivity (Wildman–Crippen MR) is 125 cm³/mol. The third-order valence-corrected chi connectivity index (χ3v) is 7.50. The molecule has 0 unspecified atom stereocenters. The Morgan fingerprint density at radius 1 is 0.912 bits per heavy atom. The maximum atomic E-state index is 14.7. The molecule has 1 aliphatic rings. The Balaban J connectivity index is 1.42. The number of ether oxygens (including phenoxy) is 1. The second kappa shape index (κ2) is 9.78. The lowest BCUT2D eigenvalue weighted by molar-refractivity contribution is 0.102. The van der Waals surface area contributed by atoms with E-state index in [0.717, 1.165) is 29.6 Å². The van der Waals surface area contributed by atoms with Crippen LogP contribution in [0.25, 0.3) is 0 Å². The van der Waals surface area contributed by atoms with E-state index >= 15 is 0 Å². The van der Waals surface area contributed by atoms with Gasteiger partial charge in [-0.2, -0.15) is 4.31 Å². The van der Waals surface area contributed by atoms with E-state index in [1.54, 1.807) is 7.11 Å². The van der Waals surface area contributed by atoms with Gasteiger partial charge in [0.1, 0.15) is 17.4 Å². The molecule has 0 spiro atoms. The monoisotopic (exact) mass is 487 g/mol. The molecule has 1 amide bonds. The molecule has 178 valence electrons. The highest BCUT2D eigenvalue weighted by molar-refractivity contribution is 7.89. The van der Waals surface area contributed by atoms with Gasteiger partial charge in [-0.15, -0.1) is 0 Å². The number of piperazine rings is 1. The van der Waals surface area contributed by atoms with Crippen LogP contribution in [0.1, 0.15) is 10.4 Å². The summed E-state index contributed by atoms with van der Waals surface area (Å²) in [4.78, 5) is 14.1. The first kappa shape index (κ1) is 23.7. The summed E-state index contributed by atoms with van der Waals surface area (Å²) in [6, 6.07) is 15.7. The topological polar surface area (TPSA) is 79.0 Å². The second-order valence-corrected chi connectivity index (χ2v) is 9.63. The normalized spacial score (nSPS) is 14.6. The summed E-state index contributed by atoms with van der Waals surface area (Å²) in [6.07, 6.45) is 0. The molecule has 1 saturated heterocycles. The van der Waals surface area contributed by atoms with Gasteiger partial charge in [0, 0.05) is 37.4 Å². The number of hydrogen-bond donors (Lipinski definition) is 1.